The molecule has 290 valence electrons. The molecule has 4 aliphatic rings. The van der Waals surface area contributed by atoms with Crippen LogP contribution in [0.25, 0.3) is 0 Å². The van der Waals surface area contributed by atoms with Crippen LogP contribution in [0.1, 0.15) is 71.4 Å². The van der Waals surface area contributed by atoms with E-state index in [1.807, 2.05) is 38.1 Å². The largest absolute Gasteiger partial charge is 0.490 e. The highest BCUT2D eigenvalue weighted by molar-refractivity contribution is 7.94. The highest BCUT2D eigenvalue weighted by Gasteiger charge is 2.44. The number of ether oxygens (including phenoxy) is 4. The third-order valence-electron chi connectivity index (χ3n) is 11.7. The molecule has 0 saturated heterocycles. The second kappa shape index (κ2) is 15.8. The van der Waals surface area contributed by atoms with E-state index in [0.717, 1.165) is 49.4 Å². The first-order valence-corrected chi connectivity index (χ1v) is 21.2. The number of hydrogen-bond donors (Lipinski definition) is 0. The average molecular weight is 779 g/mol. The van der Waals surface area contributed by atoms with Gasteiger partial charge in [-0.2, -0.15) is 4.36 Å². The zero-order chi connectivity index (χ0) is 38.2. The second-order valence-corrected chi connectivity index (χ2v) is 18.2. The quantitative estimate of drug-likeness (QED) is 0.191. The van der Waals surface area contributed by atoms with Gasteiger partial charge in [-0.15, -0.1) is 5.10 Å². The summed E-state index contributed by atoms with van der Waals surface area (Å²) < 4.78 is 45.2. The van der Waals surface area contributed by atoms with Crippen molar-refractivity contribution in [3.63, 3.8) is 0 Å². The summed E-state index contributed by atoms with van der Waals surface area (Å²) in [6, 6.07) is 11.6. The van der Waals surface area contributed by atoms with E-state index in [1.165, 1.54) is 29.1 Å². The van der Waals surface area contributed by atoms with Crippen molar-refractivity contribution in [1.82, 2.24) is 9.78 Å². The van der Waals surface area contributed by atoms with Gasteiger partial charge < -0.3 is 23.8 Å². The third kappa shape index (κ3) is 7.72. The molecule has 0 N–H and O–H groups in total. The van der Waals surface area contributed by atoms with E-state index in [9.17, 15) is 13.8 Å². The molecule has 1 spiro atoms. The van der Waals surface area contributed by atoms with Gasteiger partial charge in [-0.1, -0.05) is 36.7 Å². The van der Waals surface area contributed by atoms with Crippen molar-refractivity contribution in [3.05, 3.63) is 82.0 Å². The van der Waals surface area contributed by atoms with Crippen LogP contribution < -0.4 is 14.4 Å². The summed E-state index contributed by atoms with van der Waals surface area (Å²) >= 11 is 6.48. The van der Waals surface area contributed by atoms with E-state index in [1.54, 1.807) is 20.2 Å². The van der Waals surface area contributed by atoms with Crippen LogP contribution in [-0.2, 0) is 38.1 Å². The molecule has 1 amide bonds. The summed E-state index contributed by atoms with van der Waals surface area (Å²) in [6.45, 7) is 6.19. The summed E-state index contributed by atoms with van der Waals surface area (Å²) in [5, 5.41) is 4.94. The summed E-state index contributed by atoms with van der Waals surface area (Å²) in [5.41, 5.74) is 3.51. The molecule has 2 aliphatic heterocycles. The van der Waals surface area contributed by atoms with Crippen molar-refractivity contribution >= 4 is 38.7 Å². The number of benzene rings is 2. The van der Waals surface area contributed by atoms with Gasteiger partial charge in [-0.05, 0) is 98.2 Å². The molecule has 0 unspecified atom stereocenters. The van der Waals surface area contributed by atoms with Crippen LogP contribution in [0.15, 0.2) is 59.1 Å². The standard InChI is InChI=1S/C41H51ClN4O7S/c1-6-52-36-15-16-37(50-4)31-12-9-29(31)20-46-24-41(17-7-8-27-18-30(42)11-13-33(27)41)25-53-38-14-10-28(19-34(38)46)39(48)44-54(49,22-26(36)2)23-35(47)32-21-45(3)43-40(32)51-5/h10-11,13-16,18-19,21,26,29,31,36-37H,6-9,12,17,20,22-25H2,1-5H3/b16-15+/t26-,29+,31-,36+,37+,41+,54-/m1/s1. The van der Waals surface area contributed by atoms with Gasteiger partial charge in [0.1, 0.15) is 11.3 Å². The van der Waals surface area contributed by atoms with Gasteiger partial charge >= 0.3 is 0 Å². The van der Waals surface area contributed by atoms with Crippen LogP contribution in [-0.4, -0.2) is 89.9 Å². The Bertz CT molecular complexity index is 2060. The highest BCUT2D eigenvalue weighted by Crippen LogP contribution is 2.47. The molecular formula is C41H51ClN4O7S. The summed E-state index contributed by atoms with van der Waals surface area (Å²) in [7, 11) is 1.37. The van der Waals surface area contributed by atoms with Crippen LogP contribution in [0, 0.1) is 17.8 Å². The molecule has 2 bridgehead atoms. The SMILES string of the molecule is CCO[C@H]1/C=C/[C@H](OC)[C@@H]2CC[C@H]2CN2C[C@@]3(CCCc4cc(Cl)ccc43)COc3ccc(cc32)C(=O)N=[S@](=O)(CC(=O)c2cn(C)nc2OC)C[C@H]1C. The Balaban J connectivity index is 1.33. The lowest BCUT2D eigenvalue weighted by molar-refractivity contribution is 0.0112. The maximum atomic E-state index is 15.0. The van der Waals surface area contributed by atoms with Gasteiger partial charge in [0.05, 0.1) is 47.1 Å². The third-order valence-corrected chi connectivity index (χ3v) is 14.2. The lowest BCUT2D eigenvalue weighted by Gasteiger charge is -2.46. The van der Waals surface area contributed by atoms with Gasteiger partial charge in [-0.3, -0.25) is 14.3 Å². The molecule has 13 heteroatoms. The zero-order valence-electron chi connectivity index (χ0n) is 31.8. The normalized spacial score (nSPS) is 30.2. The lowest BCUT2D eigenvalue weighted by Crippen LogP contribution is -2.49. The van der Waals surface area contributed by atoms with Gasteiger partial charge in [-0.25, -0.2) is 4.21 Å². The molecule has 1 saturated carbocycles. The number of methoxy groups -OCH3 is 2. The highest BCUT2D eigenvalue weighted by atomic mass is 35.5. The fraction of sp³-hybridized carbons (Fsp3) is 0.537. The van der Waals surface area contributed by atoms with Gasteiger partial charge in [0.15, 0.2) is 5.78 Å². The van der Waals surface area contributed by atoms with Crippen molar-refractivity contribution in [2.24, 2.45) is 29.2 Å². The molecule has 0 radical (unpaired) electrons. The van der Waals surface area contributed by atoms with Crippen molar-refractivity contribution < 1.29 is 32.7 Å². The second-order valence-electron chi connectivity index (χ2n) is 15.4. The van der Waals surface area contributed by atoms with E-state index in [-0.39, 0.29) is 46.1 Å². The number of nitrogens with zero attached hydrogens (tertiary/aromatic N) is 4. The van der Waals surface area contributed by atoms with E-state index < -0.39 is 33.3 Å². The Hall–Kier alpha value is -3.71. The minimum atomic E-state index is -3.47. The number of fused-ring (bicyclic) bond motifs is 4. The molecule has 2 aromatic carbocycles. The number of hydrogen-bond acceptors (Lipinski definition) is 9. The number of carbonyl (C=O) groups is 2. The number of anilines is 1. The number of rotatable bonds is 7. The Kier molecular flexibility index (Phi) is 11.3. The van der Waals surface area contributed by atoms with Gasteiger partial charge in [0, 0.05) is 61.8 Å². The molecule has 11 nitrogen and oxygen atoms in total. The Morgan fingerprint density at radius 3 is 2.69 bits per heavy atom. The first kappa shape index (κ1) is 38.6. The maximum absolute atomic E-state index is 15.0. The van der Waals surface area contributed by atoms with E-state index in [4.69, 9.17) is 30.5 Å². The molecule has 7 rings (SSSR count). The number of aromatic nitrogens is 2. The fourth-order valence-corrected chi connectivity index (χ4v) is 11.4. The molecule has 3 heterocycles. The van der Waals surface area contributed by atoms with Crippen LogP contribution in [0.5, 0.6) is 11.6 Å². The molecule has 1 fully saturated rings. The minimum absolute atomic E-state index is 0.0438. The lowest BCUT2D eigenvalue weighted by atomic mass is 9.68. The first-order valence-electron chi connectivity index (χ1n) is 19.0. The Morgan fingerprint density at radius 1 is 1.13 bits per heavy atom. The molecule has 3 aromatic rings. The number of Topliss-reactive ketones (excluding diaryl/α,β-unsaturated/α-hetero) is 1. The maximum Gasteiger partial charge on any atom is 0.285 e. The molecule has 54 heavy (non-hydrogen) atoms. The molecule has 1 aromatic heterocycles. The van der Waals surface area contributed by atoms with Crippen LogP contribution >= 0.6 is 11.6 Å². The molecular weight excluding hydrogens is 728 g/mol. The van der Waals surface area contributed by atoms with Crippen LogP contribution in [0.2, 0.25) is 5.02 Å². The van der Waals surface area contributed by atoms with Crippen molar-refractivity contribution in [2.45, 2.75) is 63.6 Å². The predicted octanol–water partition coefficient (Wildman–Crippen LogP) is 6.70. The number of ketones is 1. The number of aryl methyl sites for hydroxylation is 2. The smallest absolute Gasteiger partial charge is 0.285 e. The van der Waals surface area contributed by atoms with Gasteiger partial charge in [0.25, 0.3) is 5.91 Å². The first-order chi connectivity index (χ1) is 25.9. The van der Waals surface area contributed by atoms with E-state index >= 15 is 0 Å². The van der Waals surface area contributed by atoms with Crippen molar-refractivity contribution in [3.8, 4) is 11.6 Å². The average Bonchev–Trinajstić information content (AvgIpc) is 3.45. The van der Waals surface area contributed by atoms with E-state index in [0.29, 0.717) is 31.4 Å². The topological polar surface area (TPSA) is 122 Å². The predicted molar refractivity (Wildman–Crippen MR) is 210 cm³/mol. The Labute approximate surface area is 323 Å². The fourth-order valence-electron chi connectivity index (χ4n) is 8.93. The summed E-state index contributed by atoms with van der Waals surface area (Å²) in [6.07, 6.45) is 10.0. The van der Waals surface area contributed by atoms with Gasteiger partial charge in [0.2, 0.25) is 5.88 Å². The number of carbonyl (C=O) groups excluding carboxylic acids is 2. The molecule has 7 atom stereocenters. The summed E-state index contributed by atoms with van der Waals surface area (Å²) in [4.78, 5) is 30.4. The van der Waals surface area contributed by atoms with Crippen molar-refractivity contribution in [2.75, 3.05) is 56.9 Å². The van der Waals surface area contributed by atoms with E-state index in [2.05, 4.69) is 32.6 Å². The minimum Gasteiger partial charge on any atom is -0.490 e. The zero-order valence-corrected chi connectivity index (χ0v) is 33.4. The van der Waals surface area contributed by atoms with Crippen LogP contribution in [0.4, 0.5) is 5.69 Å². The van der Waals surface area contributed by atoms with Crippen LogP contribution in [0.3, 0.4) is 0 Å². The monoisotopic (exact) mass is 778 g/mol. The molecule has 2 aliphatic carbocycles. The summed E-state index contributed by atoms with van der Waals surface area (Å²) in [5.74, 6) is -0.562. The Morgan fingerprint density at radius 2 is 1.94 bits per heavy atom. The number of halogens is 1. The van der Waals surface area contributed by atoms with Crippen molar-refractivity contribution in [1.29, 1.82) is 0 Å². The number of amides is 1.